The van der Waals surface area contributed by atoms with Gasteiger partial charge in [0.25, 0.3) is 0 Å². The molecule has 1 atom stereocenters. The third-order valence-corrected chi connectivity index (χ3v) is 6.09. The molecular weight excluding hydrogens is 348 g/mol. The second-order valence-electron chi connectivity index (χ2n) is 8.05. The van der Waals surface area contributed by atoms with E-state index in [4.69, 9.17) is 11.6 Å². The maximum Gasteiger partial charge on any atom is 0.233 e. The van der Waals surface area contributed by atoms with Gasteiger partial charge in [-0.05, 0) is 43.4 Å². The van der Waals surface area contributed by atoms with Gasteiger partial charge in [-0.2, -0.15) is 0 Å². The normalized spacial score (nSPS) is 22.5. The Kier molecular flexibility index (Phi) is 5.91. The van der Waals surface area contributed by atoms with Crippen molar-refractivity contribution < 1.29 is 9.59 Å². The SMILES string of the molecule is CC(C)C(=O)NC1CCCN(C(=O)C2(c3ccc(Cl)cc3)CCCC2)C1. The summed E-state index contributed by atoms with van der Waals surface area (Å²) >= 11 is 6.05. The van der Waals surface area contributed by atoms with E-state index in [1.54, 1.807) is 0 Å². The topological polar surface area (TPSA) is 49.4 Å². The van der Waals surface area contributed by atoms with Crippen LogP contribution in [0.5, 0.6) is 0 Å². The van der Waals surface area contributed by atoms with Crippen LogP contribution in [0.4, 0.5) is 0 Å². The maximum absolute atomic E-state index is 13.6. The Morgan fingerprint density at radius 1 is 1.15 bits per heavy atom. The number of piperidine rings is 1. The molecule has 0 aromatic heterocycles. The van der Waals surface area contributed by atoms with Crippen molar-refractivity contribution in [2.75, 3.05) is 13.1 Å². The predicted molar refractivity (Wildman–Crippen MR) is 104 cm³/mol. The third-order valence-electron chi connectivity index (χ3n) is 5.84. The highest BCUT2D eigenvalue weighted by molar-refractivity contribution is 6.30. The van der Waals surface area contributed by atoms with Gasteiger partial charge < -0.3 is 10.2 Å². The molecule has 1 saturated carbocycles. The van der Waals surface area contributed by atoms with Gasteiger partial charge in [0.05, 0.1) is 5.41 Å². The van der Waals surface area contributed by atoms with E-state index in [1.165, 1.54) is 0 Å². The van der Waals surface area contributed by atoms with E-state index in [1.807, 2.05) is 43.0 Å². The Morgan fingerprint density at radius 2 is 1.81 bits per heavy atom. The van der Waals surface area contributed by atoms with Crippen LogP contribution in [0.2, 0.25) is 5.02 Å². The molecule has 2 aliphatic rings. The van der Waals surface area contributed by atoms with E-state index in [0.29, 0.717) is 11.6 Å². The first-order valence-corrected chi connectivity index (χ1v) is 10.2. The number of rotatable bonds is 4. The van der Waals surface area contributed by atoms with Crippen LogP contribution in [-0.4, -0.2) is 35.8 Å². The van der Waals surface area contributed by atoms with E-state index in [2.05, 4.69) is 5.32 Å². The Bertz CT molecular complexity index is 650. The Labute approximate surface area is 161 Å². The molecule has 0 radical (unpaired) electrons. The number of amides is 2. The van der Waals surface area contributed by atoms with Crippen molar-refractivity contribution in [3.63, 3.8) is 0 Å². The molecule has 1 aliphatic carbocycles. The molecule has 1 saturated heterocycles. The summed E-state index contributed by atoms with van der Waals surface area (Å²) in [7, 11) is 0. The Hall–Kier alpha value is -1.55. The average molecular weight is 377 g/mol. The molecule has 2 amide bonds. The summed E-state index contributed by atoms with van der Waals surface area (Å²) in [4.78, 5) is 27.6. The molecule has 5 heteroatoms. The zero-order valence-electron chi connectivity index (χ0n) is 15.8. The van der Waals surface area contributed by atoms with E-state index in [-0.39, 0.29) is 23.8 Å². The summed E-state index contributed by atoms with van der Waals surface area (Å²) in [5, 5.41) is 3.80. The molecule has 0 spiro atoms. The lowest BCUT2D eigenvalue weighted by atomic mass is 9.77. The minimum absolute atomic E-state index is 0.0312. The molecule has 1 unspecified atom stereocenters. The van der Waals surface area contributed by atoms with Crippen molar-refractivity contribution in [1.29, 1.82) is 0 Å². The van der Waals surface area contributed by atoms with Gasteiger partial charge in [0.2, 0.25) is 11.8 Å². The summed E-state index contributed by atoms with van der Waals surface area (Å²) in [6, 6.07) is 7.84. The van der Waals surface area contributed by atoms with Crippen LogP contribution in [-0.2, 0) is 15.0 Å². The summed E-state index contributed by atoms with van der Waals surface area (Å²) < 4.78 is 0. The highest BCUT2D eigenvalue weighted by atomic mass is 35.5. The van der Waals surface area contributed by atoms with Crippen LogP contribution in [0.1, 0.15) is 57.9 Å². The number of carbonyl (C=O) groups excluding carboxylic acids is 2. The molecule has 142 valence electrons. The van der Waals surface area contributed by atoms with Crippen LogP contribution in [0, 0.1) is 5.92 Å². The number of nitrogens with one attached hydrogen (secondary N) is 1. The summed E-state index contributed by atoms with van der Waals surface area (Å²) in [5.74, 6) is 0.259. The van der Waals surface area contributed by atoms with Crippen LogP contribution in [0.25, 0.3) is 0 Å². The molecule has 1 aromatic rings. The van der Waals surface area contributed by atoms with Crippen LogP contribution < -0.4 is 5.32 Å². The first kappa shape index (κ1) is 19.2. The number of hydrogen-bond donors (Lipinski definition) is 1. The summed E-state index contributed by atoms with van der Waals surface area (Å²) in [6.07, 6.45) is 5.83. The Balaban J connectivity index is 1.77. The standard InChI is InChI=1S/C21H29ClN2O2/c1-15(2)19(25)23-18-6-5-13-24(14-18)20(26)21(11-3-4-12-21)16-7-9-17(22)10-8-16/h7-10,15,18H,3-6,11-14H2,1-2H3,(H,23,25). The monoisotopic (exact) mass is 376 g/mol. The second kappa shape index (κ2) is 7.99. The van der Waals surface area contributed by atoms with Crippen LogP contribution >= 0.6 is 11.6 Å². The van der Waals surface area contributed by atoms with Crippen molar-refractivity contribution in [3.05, 3.63) is 34.9 Å². The molecule has 1 heterocycles. The molecule has 0 bridgehead atoms. The van der Waals surface area contributed by atoms with Crippen molar-refractivity contribution in [1.82, 2.24) is 10.2 Å². The number of benzene rings is 1. The van der Waals surface area contributed by atoms with Gasteiger partial charge in [0.15, 0.2) is 0 Å². The number of carbonyl (C=O) groups is 2. The van der Waals surface area contributed by atoms with Gasteiger partial charge in [0.1, 0.15) is 0 Å². The third kappa shape index (κ3) is 3.90. The van der Waals surface area contributed by atoms with Crippen molar-refractivity contribution in [2.45, 2.75) is 63.8 Å². The largest absolute Gasteiger partial charge is 0.351 e. The van der Waals surface area contributed by atoms with Crippen molar-refractivity contribution in [2.24, 2.45) is 5.92 Å². The van der Waals surface area contributed by atoms with Gasteiger partial charge >= 0.3 is 0 Å². The number of nitrogens with zero attached hydrogens (tertiary/aromatic N) is 1. The lowest BCUT2D eigenvalue weighted by molar-refractivity contribution is -0.139. The van der Waals surface area contributed by atoms with Crippen LogP contribution in [0.3, 0.4) is 0 Å². The molecule has 4 nitrogen and oxygen atoms in total. The fourth-order valence-electron chi connectivity index (χ4n) is 4.32. The maximum atomic E-state index is 13.6. The van der Waals surface area contributed by atoms with Crippen molar-refractivity contribution >= 4 is 23.4 Å². The predicted octanol–water partition coefficient (Wildman–Crippen LogP) is 3.92. The summed E-state index contributed by atoms with van der Waals surface area (Å²) in [6.45, 7) is 5.19. The van der Waals surface area contributed by atoms with Crippen LogP contribution in [0.15, 0.2) is 24.3 Å². The van der Waals surface area contributed by atoms with E-state index in [0.717, 1.165) is 50.6 Å². The second-order valence-corrected chi connectivity index (χ2v) is 8.49. The fourth-order valence-corrected chi connectivity index (χ4v) is 4.45. The molecule has 3 rings (SSSR count). The van der Waals surface area contributed by atoms with Gasteiger partial charge in [-0.15, -0.1) is 0 Å². The molecule has 26 heavy (non-hydrogen) atoms. The van der Waals surface area contributed by atoms with E-state index < -0.39 is 5.41 Å². The minimum atomic E-state index is -0.422. The van der Waals surface area contributed by atoms with Crippen molar-refractivity contribution in [3.8, 4) is 0 Å². The quantitative estimate of drug-likeness (QED) is 0.865. The lowest BCUT2D eigenvalue weighted by Crippen LogP contribution is -2.54. The zero-order chi connectivity index (χ0) is 18.7. The molecule has 1 aliphatic heterocycles. The highest BCUT2D eigenvalue weighted by Gasteiger charge is 2.45. The molecule has 2 fully saturated rings. The van der Waals surface area contributed by atoms with E-state index >= 15 is 0 Å². The molecule has 1 aromatic carbocycles. The first-order valence-electron chi connectivity index (χ1n) is 9.78. The van der Waals surface area contributed by atoms with E-state index in [9.17, 15) is 9.59 Å². The molecular formula is C21H29ClN2O2. The Morgan fingerprint density at radius 3 is 2.42 bits per heavy atom. The highest BCUT2D eigenvalue weighted by Crippen LogP contribution is 2.43. The summed E-state index contributed by atoms with van der Waals surface area (Å²) in [5.41, 5.74) is 0.659. The lowest BCUT2D eigenvalue weighted by Gasteiger charge is -2.39. The first-order chi connectivity index (χ1) is 12.4. The smallest absolute Gasteiger partial charge is 0.233 e. The number of hydrogen-bond acceptors (Lipinski definition) is 2. The average Bonchev–Trinajstić information content (AvgIpc) is 3.12. The fraction of sp³-hybridized carbons (Fsp3) is 0.619. The minimum Gasteiger partial charge on any atom is -0.351 e. The van der Waals surface area contributed by atoms with Gasteiger partial charge in [-0.25, -0.2) is 0 Å². The van der Waals surface area contributed by atoms with Gasteiger partial charge in [-0.3, -0.25) is 9.59 Å². The zero-order valence-corrected chi connectivity index (χ0v) is 16.5. The van der Waals surface area contributed by atoms with Gasteiger partial charge in [-0.1, -0.05) is 50.4 Å². The number of likely N-dealkylation sites (tertiary alicyclic amines) is 1. The number of halogens is 1. The molecule has 1 N–H and O–H groups in total. The van der Waals surface area contributed by atoms with Gasteiger partial charge in [0, 0.05) is 30.1 Å².